The van der Waals surface area contributed by atoms with Crippen molar-refractivity contribution < 1.29 is 18.3 Å². The lowest BCUT2D eigenvalue weighted by Crippen LogP contribution is -2.21. The molecule has 29 heavy (non-hydrogen) atoms. The second-order valence-corrected chi connectivity index (χ2v) is 7.17. The normalized spacial score (nSPS) is 10.9. The molecule has 5 nitrogen and oxygen atoms in total. The molecule has 2 aromatic carbocycles. The van der Waals surface area contributed by atoms with Crippen molar-refractivity contribution >= 4 is 33.1 Å². The fraction of sp³-hybridized carbons (Fsp3) is 0.0952. The van der Waals surface area contributed by atoms with Crippen LogP contribution in [0.4, 0.5) is 14.5 Å². The Hall–Kier alpha value is -3.39. The molecular formula is C21H15F2N3O2S. The molecule has 146 valence electrons. The first-order valence-electron chi connectivity index (χ1n) is 8.68. The monoisotopic (exact) mass is 411 g/mol. The molecule has 0 atom stereocenters. The van der Waals surface area contributed by atoms with Gasteiger partial charge in [0.2, 0.25) is 5.88 Å². The molecule has 0 spiro atoms. The summed E-state index contributed by atoms with van der Waals surface area (Å²) in [5.41, 5.74) is 2.70. The van der Waals surface area contributed by atoms with E-state index in [0.717, 1.165) is 16.7 Å². The molecule has 4 rings (SSSR count). The maximum Gasteiger partial charge on any atom is 0.262 e. The highest BCUT2D eigenvalue weighted by Crippen LogP contribution is 2.37. The van der Waals surface area contributed by atoms with Crippen molar-refractivity contribution in [2.75, 3.05) is 11.9 Å². The molecule has 0 aliphatic rings. The van der Waals surface area contributed by atoms with Crippen molar-refractivity contribution in [3.63, 3.8) is 0 Å². The third-order valence-corrected chi connectivity index (χ3v) is 5.19. The summed E-state index contributed by atoms with van der Waals surface area (Å²) in [6.45, 7) is 1.46. The molecule has 0 bridgehead atoms. The molecule has 2 heterocycles. The van der Waals surface area contributed by atoms with Gasteiger partial charge in [0.15, 0.2) is 6.61 Å². The van der Waals surface area contributed by atoms with Crippen molar-refractivity contribution in [3.05, 3.63) is 71.4 Å². The van der Waals surface area contributed by atoms with Crippen molar-refractivity contribution in [2.24, 2.45) is 0 Å². The van der Waals surface area contributed by atoms with Gasteiger partial charge in [-0.25, -0.2) is 18.7 Å². The van der Waals surface area contributed by atoms with Crippen LogP contribution >= 0.6 is 11.3 Å². The summed E-state index contributed by atoms with van der Waals surface area (Å²) < 4.78 is 32.3. The summed E-state index contributed by atoms with van der Waals surface area (Å²) in [5, 5.41) is 5.17. The molecule has 8 heteroatoms. The molecular weight excluding hydrogens is 396 g/mol. The van der Waals surface area contributed by atoms with E-state index in [1.807, 2.05) is 5.38 Å². The van der Waals surface area contributed by atoms with Gasteiger partial charge in [-0.2, -0.15) is 0 Å². The van der Waals surface area contributed by atoms with Gasteiger partial charge in [0, 0.05) is 16.6 Å². The van der Waals surface area contributed by atoms with Crippen molar-refractivity contribution in [2.45, 2.75) is 6.92 Å². The van der Waals surface area contributed by atoms with E-state index in [9.17, 15) is 13.6 Å². The number of hydrogen-bond acceptors (Lipinski definition) is 5. The summed E-state index contributed by atoms with van der Waals surface area (Å²) in [5.74, 6) is -0.956. The van der Waals surface area contributed by atoms with Gasteiger partial charge in [-0.05, 0) is 42.3 Å². The van der Waals surface area contributed by atoms with Crippen molar-refractivity contribution in [1.82, 2.24) is 9.97 Å². The second kappa shape index (κ2) is 7.92. The lowest BCUT2D eigenvalue weighted by molar-refractivity contribution is -0.118. The smallest absolute Gasteiger partial charge is 0.262 e. The van der Waals surface area contributed by atoms with Gasteiger partial charge in [0.05, 0.1) is 5.39 Å². The maximum absolute atomic E-state index is 13.4. The number of carbonyl (C=O) groups is 1. The van der Waals surface area contributed by atoms with Crippen LogP contribution in [-0.2, 0) is 4.79 Å². The third-order valence-electron chi connectivity index (χ3n) is 4.30. The SMILES string of the molecule is Cc1ccc(F)cc1NC(=O)COc1ncnc2scc(-c3ccc(F)cc3)c12. The third kappa shape index (κ3) is 4.07. The molecule has 1 amide bonds. The van der Waals surface area contributed by atoms with E-state index in [1.54, 1.807) is 25.1 Å². The number of hydrogen-bond donors (Lipinski definition) is 1. The van der Waals surface area contributed by atoms with E-state index < -0.39 is 11.7 Å². The number of amides is 1. The highest BCUT2D eigenvalue weighted by Gasteiger charge is 2.16. The Morgan fingerprint density at radius 3 is 2.66 bits per heavy atom. The molecule has 0 fully saturated rings. The topological polar surface area (TPSA) is 64.1 Å². The Morgan fingerprint density at radius 1 is 1.10 bits per heavy atom. The van der Waals surface area contributed by atoms with Crippen LogP contribution in [0, 0.1) is 18.6 Å². The molecule has 4 aromatic rings. The lowest BCUT2D eigenvalue weighted by atomic mass is 10.1. The van der Waals surface area contributed by atoms with Crippen LogP contribution in [0.5, 0.6) is 5.88 Å². The van der Waals surface area contributed by atoms with E-state index in [1.165, 1.54) is 41.9 Å². The van der Waals surface area contributed by atoms with Crippen LogP contribution in [0.2, 0.25) is 0 Å². The largest absolute Gasteiger partial charge is 0.467 e. The summed E-state index contributed by atoms with van der Waals surface area (Å²) >= 11 is 1.40. The van der Waals surface area contributed by atoms with Crippen LogP contribution in [-0.4, -0.2) is 22.5 Å². The zero-order valence-electron chi connectivity index (χ0n) is 15.3. The molecule has 0 radical (unpaired) electrons. The number of rotatable bonds is 5. The fourth-order valence-electron chi connectivity index (χ4n) is 2.85. The van der Waals surface area contributed by atoms with Gasteiger partial charge in [-0.15, -0.1) is 11.3 Å². The van der Waals surface area contributed by atoms with E-state index in [4.69, 9.17) is 4.74 Å². The van der Waals surface area contributed by atoms with Crippen LogP contribution in [0.1, 0.15) is 5.56 Å². The fourth-order valence-corrected chi connectivity index (χ4v) is 3.75. The minimum absolute atomic E-state index is 0.252. The number of ether oxygens (including phenoxy) is 1. The zero-order chi connectivity index (χ0) is 20.4. The Kier molecular flexibility index (Phi) is 5.18. The van der Waals surface area contributed by atoms with Crippen LogP contribution in [0.3, 0.4) is 0 Å². The number of aromatic nitrogens is 2. The number of carbonyl (C=O) groups excluding carboxylic acids is 1. The average Bonchev–Trinajstić information content (AvgIpc) is 3.14. The van der Waals surface area contributed by atoms with Crippen LogP contribution < -0.4 is 10.1 Å². The molecule has 0 aliphatic heterocycles. The molecule has 0 saturated heterocycles. The van der Waals surface area contributed by atoms with Crippen molar-refractivity contribution in [3.8, 4) is 17.0 Å². The Labute approximate surface area is 169 Å². The standard InChI is InChI=1S/C21H15F2N3O2S/c1-12-2-5-15(23)8-17(12)26-18(27)9-28-20-19-16(10-29-21(19)25-11-24-20)13-3-6-14(22)7-4-13/h2-8,10-11H,9H2,1H3,(H,26,27). The highest BCUT2D eigenvalue weighted by atomic mass is 32.1. The number of anilines is 1. The Morgan fingerprint density at radius 2 is 1.86 bits per heavy atom. The molecule has 2 aromatic heterocycles. The van der Waals surface area contributed by atoms with Crippen LogP contribution in [0.15, 0.2) is 54.2 Å². The molecule has 0 saturated carbocycles. The number of fused-ring (bicyclic) bond motifs is 1. The van der Waals surface area contributed by atoms with Gasteiger partial charge in [0.25, 0.3) is 5.91 Å². The summed E-state index contributed by atoms with van der Waals surface area (Å²) in [6.07, 6.45) is 1.36. The van der Waals surface area contributed by atoms with Crippen LogP contribution in [0.25, 0.3) is 21.3 Å². The first kappa shape index (κ1) is 18.9. The predicted octanol–water partition coefficient (Wildman–Crippen LogP) is 4.96. The number of nitrogens with zero attached hydrogens (tertiary/aromatic N) is 2. The second-order valence-electron chi connectivity index (χ2n) is 6.31. The van der Waals surface area contributed by atoms with Gasteiger partial charge >= 0.3 is 0 Å². The zero-order valence-corrected chi connectivity index (χ0v) is 16.1. The first-order chi connectivity index (χ1) is 14.0. The number of aryl methyl sites for hydroxylation is 1. The van der Waals surface area contributed by atoms with Gasteiger partial charge in [-0.3, -0.25) is 4.79 Å². The number of benzene rings is 2. The van der Waals surface area contributed by atoms with Gasteiger partial charge in [-0.1, -0.05) is 18.2 Å². The Bertz CT molecular complexity index is 1190. The van der Waals surface area contributed by atoms with E-state index in [-0.39, 0.29) is 18.3 Å². The summed E-state index contributed by atoms with van der Waals surface area (Å²) in [6, 6.07) is 10.2. The maximum atomic E-state index is 13.4. The molecule has 0 unspecified atom stereocenters. The van der Waals surface area contributed by atoms with E-state index in [2.05, 4.69) is 15.3 Å². The van der Waals surface area contributed by atoms with E-state index >= 15 is 0 Å². The first-order valence-corrected chi connectivity index (χ1v) is 9.56. The number of thiophene rings is 1. The van der Waals surface area contributed by atoms with Gasteiger partial charge in [0.1, 0.15) is 22.8 Å². The molecule has 0 aliphatic carbocycles. The minimum Gasteiger partial charge on any atom is -0.467 e. The summed E-state index contributed by atoms with van der Waals surface area (Å²) in [7, 11) is 0. The van der Waals surface area contributed by atoms with Crippen molar-refractivity contribution in [1.29, 1.82) is 0 Å². The summed E-state index contributed by atoms with van der Waals surface area (Å²) in [4.78, 5) is 21.4. The number of nitrogens with one attached hydrogen (secondary N) is 1. The molecule has 1 N–H and O–H groups in total. The number of halogens is 2. The Balaban J connectivity index is 1.56. The van der Waals surface area contributed by atoms with Gasteiger partial charge < -0.3 is 10.1 Å². The predicted molar refractivity (Wildman–Crippen MR) is 108 cm³/mol. The minimum atomic E-state index is -0.441. The van der Waals surface area contributed by atoms with E-state index in [0.29, 0.717) is 15.9 Å². The quantitative estimate of drug-likeness (QED) is 0.504. The highest BCUT2D eigenvalue weighted by molar-refractivity contribution is 7.17. The average molecular weight is 411 g/mol. The lowest BCUT2D eigenvalue weighted by Gasteiger charge is -2.10.